The normalized spacial score (nSPS) is 19.0. The van der Waals surface area contributed by atoms with Crippen molar-refractivity contribution in [3.8, 4) is 0 Å². The minimum absolute atomic E-state index is 0.103. The van der Waals surface area contributed by atoms with Crippen LogP contribution in [0.15, 0.2) is 30.5 Å². The van der Waals surface area contributed by atoms with Gasteiger partial charge in [0.25, 0.3) is 5.91 Å². The number of imidazole rings is 1. The van der Waals surface area contributed by atoms with E-state index in [1.165, 1.54) is 12.1 Å². The fourth-order valence-electron chi connectivity index (χ4n) is 4.02. The average Bonchev–Trinajstić information content (AvgIpc) is 3.17. The summed E-state index contributed by atoms with van der Waals surface area (Å²) in [6.45, 7) is 4.72. The Labute approximate surface area is 169 Å². The van der Waals surface area contributed by atoms with Crippen molar-refractivity contribution < 1.29 is 18.7 Å². The number of piperazine rings is 1. The van der Waals surface area contributed by atoms with Crippen LogP contribution in [0.2, 0.25) is 0 Å². The van der Waals surface area contributed by atoms with Crippen LogP contribution < -0.4 is 0 Å². The molecule has 2 aromatic rings. The van der Waals surface area contributed by atoms with Crippen molar-refractivity contribution in [2.45, 2.75) is 32.2 Å². The molecule has 3 heterocycles. The number of carbonyl (C=O) groups is 2. The zero-order valence-corrected chi connectivity index (χ0v) is 16.5. The Morgan fingerprint density at radius 1 is 1.14 bits per heavy atom. The largest absolute Gasteiger partial charge is 0.450 e. The molecule has 1 atom stereocenters. The first-order chi connectivity index (χ1) is 14.0. The number of benzene rings is 1. The minimum Gasteiger partial charge on any atom is -0.450 e. The second-order valence-corrected chi connectivity index (χ2v) is 7.46. The van der Waals surface area contributed by atoms with Gasteiger partial charge in [-0.3, -0.25) is 4.79 Å². The molecule has 4 rings (SSSR count). The van der Waals surface area contributed by atoms with Gasteiger partial charge in [0.05, 0.1) is 6.61 Å². The quantitative estimate of drug-likeness (QED) is 0.795. The molecule has 29 heavy (non-hydrogen) atoms. The SMILES string of the molecule is CCOC(=O)N1CCN(C(=O)c2cn3c(n2)CCC(c2ccc(F)cc2)C3)CC1. The number of rotatable bonds is 3. The van der Waals surface area contributed by atoms with Crippen LogP contribution in [0.4, 0.5) is 9.18 Å². The Hall–Kier alpha value is -2.90. The van der Waals surface area contributed by atoms with Gasteiger partial charge in [-0.15, -0.1) is 0 Å². The molecule has 7 nitrogen and oxygen atoms in total. The van der Waals surface area contributed by atoms with Gasteiger partial charge in [-0.1, -0.05) is 12.1 Å². The molecule has 0 N–H and O–H groups in total. The maximum absolute atomic E-state index is 13.2. The van der Waals surface area contributed by atoms with Crippen LogP contribution in [-0.4, -0.2) is 64.1 Å². The van der Waals surface area contributed by atoms with Gasteiger partial charge in [0.2, 0.25) is 0 Å². The van der Waals surface area contributed by atoms with E-state index in [0.29, 0.717) is 38.5 Å². The predicted octanol–water partition coefficient (Wildman–Crippen LogP) is 2.67. The molecule has 0 saturated carbocycles. The first-order valence-corrected chi connectivity index (χ1v) is 10.1. The highest BCUT2D eigenvalue weighted by Crippen LogP contribution is 2.29. The summed E-state index contributed by atoms with van der Waals surface area (Å²) in [5.41, 5.74) is 1.55. The molecule has 0 spiro atoms. The molecular weight excluding hydrogens is 375 g/mol. The zero-order chi connectivity index (χ0) is 20.4. The van der Waals surface area contributed by atoms with Gasteiger partial charge in [0.15, 0.2) is 0 Å². The maximum atomic E-state index is 13.2. The summed E-state index contributed by atoms with van der Waals surface area (Å²) in [6, 6.07) is 6.64. The number of ether oxygens (including phenoxy) is 1. The van der Waals surface area contributed by atoms with Crippen LogP contribution >= 0.6 is 0 Å². The highest BCUT2D eigenvalue weighted by atomic mass is 19.1. The van der Waals surface area contributed by atoms with Crippen LogP contribution in [0.5, 0.6) is 0 Å². The molecule has 8 heteroatoms. The van der Waals surface area contributed by atoms with Crippen molar-refractivity contribution >= 4 is 12.0 Å². The third kappa shape index (κ3) is 4.11. The van der Waals surface area contributed by atoms with Crippen molar-refractivity contribution in [2.75, 3.05) is 32.8 Å². The molecule has 1 fully saturated rings. The Morgan fingerprint density at radius 3 is 2.52 bits per heavy atom. The molecule has 0 aliphatic carbocycles. The summed E-state index contributed by atoms with van der Waals surface area (Å²) in [7, 11) is 0. The van der Waals surface area contributed by atoms with Crippen molar-refractivity contribution in [3.05, 3.63) is 53.4 Å². The van der Waals surface area contributed by atoms with Crippen LogP contribution in [0, 0.1) is 5.82 Å². The molecular formula is C21H25FN4O3. The molecule has 1 aromatic heterocycles. The van der Waals surface area contributed by atoms with Crippen LogP contribution in [0.25, 0.3) is 0 Å². The number of nitrogens with zero attached hydrogens (tertiary/aromatic N) is 4. The Kier molecular flexibility index (Phi) is 5.51. The number of carbonyl (C=O) groups excluding carboxylic acids is 2. The van der Waals surface area contributed by atoms with Gasteiger partial charge in [-0.25, -0.2) is 14.2 Å². The van der Waals surface area contributed by atoms with Crippen LogP contribution in [0.3, 0.4) is 0 Å². The van der Waals surface area contributed by atoms with E-state index in [-0.39, 0.29) is 23.7 Å². The highest BCUT2D eigenvalue weighted by molar-refractivity contribution is 5.92. The third-order valence-corrected chi connectivity index (χ3v) is 5.65. The van der Waals surface area contributed by atoms with E-state index in [9.17, 15) is 14.0 Å². The number of hydrogen-bond acceptors (Lipinski definition) is 4. The fraction of sp³-hybridized carbons (Fsp3) is 0.476. The molecule has 2 aliphatic heterocycles. The first-order valence-electron chi connectivity index (χ1n) is 10.1. The van der Waals surface area contributed by atoms with Crippen molar-refractivity contribution in [1.29, 1.82) is 0 Å². The van der Waals surface area contributed by atoms with Gasteiger partial charge in [0, 0.05) is 51.3 Å². The van der Waals surface area contributed by atoms with E-state index in [1.54, 1.807) is 16.7 Å². The molecule has 2 aliphatic rings. The monoisotopic (exact) mass is 400 g/mol. The second-order valence-electron chi connectivity index (χ2n) is 7.46. The molecule has 0 bridgehead atoms. The van der Waals surface area contributed by atoms with Gasteiger partial charge in [0.1, 0.15) is 17.3 Å². The van der Waals surface area contributed by atoms with Gasteiger partial charge in [-0.2, -0.15) is 0 Å². The Balaban J connectivity index is 1.39. The van der Waals surface area contributed by atoms with E-state index in [2.05, 4.69) is 4.98 Å². The zero-order valence-electron chi connectivity index (χ0n) is 16.5. The van der Waals surface area contributed by atoms with E-state index in [0.717, 1.165) is 30.8 Å². The summed E-state index contributed by atoms with van der Waals surface area (Å²) in [5, 5.41) is 0. The van der Waals surface area contributed by atoms with Crippen molar-refractivity contribution in [1.82, 2.24) is 19.4 Å². The molecule has 0 radical (unpaired) electrons. The Morgan fingerprint density at radius 2 is 1.83 bits per heavy atom. The Bertz CT molecular complexity index is 888. The van der Waals surface area contributed by atoms with Crippen LogP contribution in [-0.2, 0) is 17.7 Å². The summed E-state index contributed by atoms with van der Waals surface area (Å²) in [4.78, 5) is 32.6. The molecule has 2 amide bonds. The highest BCUT2D eigenvalue weighted by Gasteiger charge is 2.29. The smallest absolute Gasteiger partial charge is 0.409 e. The number of amides is 2. The second kappa shape index (κ2) is 8.23. The lowest BCUT2D eigenvalue weighted by Crippen LogP contribution is -2.50. The fourth-order valence-corrected chi connectivity index (χ4v) is 4.02. The third-order valence-electron chi connectivity index (χ3n) is 5.65. The number of hydrogen-bond donors (Lipinski definition) is 0. The molecule has 154 valence electrons. The number of fused-ring (bicyclic) bond motifs is 1. The summed E-state index contributed by atoms with van der Waals surface area (Å²) in [6.07, 6.45) is 3.20. The lowest BCUT2D eigenvalue weighted by atomic mass is 9.92. The number of halogens is 1. The van der Waals surface area contributed by atoms with E-state index in [1.807, 2.05) is 22.9 Å². The van der Waals surface area contributed by atoms with Crippen LogP contribution in [0.1, 0.15) is 41.1 Å². The topological polar surface area (TPSA) is 67.7 Å². The molecule has 1 saturated heterocycles. The lowest BCUT2D eigenvalue weighted by Gasteiger charge is -2.33. The maximum Gasteiger partial charge on any atom is 0.409 e. The predicted molar refractivity (Wildman–Crippen MR) is 104 cm³/mol. The lowest BCUT2D eigenvalue weighted by molar-refractivity contribution is 0.0566. The summed E-state index contributed by atoms with van der Waals surface area (Å²) in [5.74, 6) is 0.864. The minimum atomic E-state index is -0.330. The number of aromatic nitrogens is 2. The first kappa shape index (κ1) is 19.4. The van der Waals surface area contributed by atoms with Gasteiger partial charge in [-0.05, 0) is 31.0 Å². The van der Waals surface area contributed by atoms with E-state index < -0.39 is 0 Å². The van der Waals surface area contributed by atoms with Gasteiger partial charge < -0.3 is 19.1 Å². The summed E-state index contributed by atoms with van der Waals surface area (Å²) < 4.78 is 20.2. The summed E-state index contributed by atoms with van der Waals surface area (Å²) >= 11 is 0. The van der Waals surface area contributed by atoms with Crippen molar-refractivity contribution in [2.24, 2.45) is 0 Å². The number of aryl methyl sites for hydroxylation is 1. The van der Waals surface area contributed by atoms with E-state index in [4.69, 9.17) is 4.74 Å². The standard InChI is InChI=1S/C21H25FN4O3/c1-2-29-21(28)25-11-9-24(10-12-25)20(27)18-14-26-13-16(5-8-19(26)23-18)15-3-6-17(22)7-4-15/h3-4,6-7,14,16H,2,5,8-13H2,1H3. The van der Waals surface area contributed by atoms with Gasteiger partial charge >= 0.3 is 6.09 Å². The average molecular weight is 400 g/mol. The molecule has 1 aromatic carbocycles. The van der Waals surface area contributed by atoms with E-state index >= 15 is 0 Å². The van der Waals surface area contributed by atoms with Crippen molar-refractivity contribution in [3.63, 3.8) is 0 Å². The molecule has 1 unspecified atom stereocenters.